The van der Waals surface area contributed by atoms with Crippen molar-refractivity contribution in [2.75, 3.05) is 6.26 Å². The van der Waals surface area contributed by atoms with E-state index in [2.05, 4.69) is 15.0 Å². The third kappa shape index (κ3) is 4.70. The zero-order valence-electron chi connectivity index (χ0n) is 17.9. The number of aromatic nitrogens is 3. The third-order valence-corrected chi connectivity index (χ3v) is 6.73. The topological polar surface area (TPSA) is 95.7 Å². The minimum atomic E-state index is -1.24. The van der Waals surface area contributed by atoms with Gasteiger partial charge < -0.3 is 4.98 Å². The Bertz CT molecular complexity index is 1340. The number of rotatable bonds is 5. The monoisotopic (exact) mass is 453 g/mol. The molecule has 2 unspecified atom stereocenters. The number of allylic oxidation sites excluding steroid dienone is 2. The van der Waals surface area contributed by atoms with Crippen molar-refractivity contribution in [1.29, 1.82) is 0 Å². The first kappa shape index (κ1) is 22.1. The Labute approximate surface area is 187 Å². The van der Waals surface area contributed by atoms with Gasteiger partial charge in [0.15, 0.2) is 0 Å². The maximum Gasteiger partial charge on any atom is 0.325 e. The van der Waals surface area contributed by atoms with E-state index in [4.69, 9.17) is 0 Å². The summed E-state index contributed by atoms with van der Waals surface area (Å²) in [6.45, 7) is 1.89. The summed E-state index contributed by atoms with van der Waals surface area (Å²) in [5.41, 5.74) is 3.18. The summed E-state index contributed by atoms with van der Waals surface area (Å²) < 4.78 is 26.2. The molecule has 2 N–H and O–H groups in total. The highest BCUT2D eigenvalue weighted by atomic mass is 32.2. The number of benzene rings is 1. The van der Waals surface area contributed by atoms with Gasteiger partial charge in [-0.3, -0.25) is 19.0 Å². The highest BCUT2D eigenvalue weighted by Crippen LogP contribution is 2.37. The van der Waals surface area contributed by atoms with Gasteiger partial charge >= 0.3 is 5.69 Å². The van der Waals surface area contributed by atoms with E-state index in [9.17, 15) is 18.2 Å². The Hall–Kier alpha value is -3.13. The second-order valence-electron chi connectivity index (χ2n) is 8.04. The summed E-state index contributed by atoms with van der Waals surface area (Å²) in [6, 6.07) is 10.3. The molecule has 0 radical (unpaired) electrons. The molecule has 2 heterocycles. The smallest absolute Gasteiger partial charge is 0.311 e. The van der Waals surface area contributed by atoms with Crippen LogP contribution < -0.4 is 11.2 Å². The van der Waals surface area contributed by atoms with Crippen LogP contribution in [0.5, 0.6) is 0 Å². The van der Waals surface area contributed by atoms with Crippen LogP contribution in [0.4, 0.5) is 4.39 Å². The first-order valence-electron chi connectivity index (χ1n) is 10.4. The largest absolute Gasteiger partial charge is 0.325 e. The Morgan fingerprint density at radius 3 is 2.66 bits per heavy atom. The van der Waals surface area contributed by atoms with E-state index >= 15 is 0 Å². The lowest BCUT2D eigenvalue weighted by atomic mass is 9.83. The number of halogens is 1. The van der Waals surface area contributed by atoms with Crippen LogP contribution in [0.3, 0.4) is 0 Å². The zero-order valence-corrected chi connectivity index (χ0v) is 18.7. The molecule has 0 aliphatic heterocycles. The van der Waals surface area contributed by atoms with E-state index in [0.717, 1.165) is 17.0 Å². The number of hydrogen-bond acceptors (Lipinski definition) is 4. The van der Waals surface area contributed by atoms with E-state index in [1.807, 2.05) is 31.2 Å². The fraction of sp³-hybridized carbons (Fsp3) is 0.292. The normalized spacial score (nSPS) is 17.1. The number of H-pyrrole nitrogens is 2. The van der Waals surface area contributed by atoms with Crippen molar-refractivity contribution >= 4 is 16.4 Å². The van der Waals surface area contributed by atoms with Crippen LogP contribution in [0, 0.1) is 12.7 Å². The van der Waals surface area contributed by atoms with Crippen LogP contribution in [0.25, 0.3) is 5.57 Å². The zero-order chi connectivity index (χ0) is 22.8. The van der Waals surface area contributed by atoms with E-state index in [-0.39, 0.29) is 5.92 Å². The fourth-order valence-corrected chi connectivity index (χ4v) is 4.74. The van der Waals surface area contributed by atoms with Crippen LogP contribution in [-0.2, 0) is 17.2 Å². The molecule has 0 fully saturated rings. The SMILES string of the molecule is Cc1cccc(Cc2c(C3CC=C(c4ccc(S(C)=O)cc4F)CC3)[nH]c(=O)[nH]c2=O)n1. The quantitative estimate of drug-likeness (QED) is 0.617. The Balaban J connectivity index is 1.63. The molecule has 2 aromatic heterocycles. The fourth-order valence-electron chi connectivity index (χ4n) is 4.21. The Morgan fingerprint density at radius 1 is 1.19 bits per heavy atom. The van der Waals surface area contributed by atoms with Gasteiger partial charge in [-0.15, -0.1) is 0 Å². The lowest BCUT2D eigenvalue weighted by Gasteiger charge is -2.24. The average Bonchev–Trinajstić information content (AvgIpc) is 2.75. The first-order valence-corrected chi connectivity index (χ1v) is 12.0. The van der Waals surface area contributed by atoms with Gasteiger partial charge in [0, 0.05) is 62.5 Å². The maximum atomic E-state index is 14.6. The molecule has 0 saturated carbocycles. The molecular weight excluding hydrogens is 429 g/mol. The van der Waals surface area contributed by atoms with E-state index in [0.29, 0.717) is 47.4 Å². The summed E-state index contributed by atoms with van der Waals surface area (Å²) in [6.07, 6.45) is 5.65. The molecule has 1 aromatic carbocycles. The molecule has 0 bridgehead atoms. The standard InChI is InChI=1S/C24H24FN3O3S/c1-14-4-3-5-17(26-14)12-20-22(27-24(30)28-23(20)29)16-8-6-15(7-9-16)19-11-10-18(32(2)31)13-21(19)25/h3-6,10-11,13,16H,7-9,12H2,1-2H3,(H2,27,28,29,30). The summed E-state index contributed by atoms with van der Waals surface area (Å²) in [5.74, 6) is -0.447. The molecule has 3 aromatic rings. The summed E-state index contributed by atoms with van der Waals surface area (Å²) in [4.78, 5) is 34.7. The minimum absolute atomic E-state index is 0.0564. The van der Waals surface area contributed by atoms with Crippen molar-refractivity contribution in [3.05, 3.63) is 97.3 Å². The van der Waals surface area contributed by atoms with Crippen molar-refractivity contribution in [2.24, 2.45) is 0 Å². The maximum absolute atomic E-state index is 14.6. The van der Waals surface area contributed by atoms with E-state index in [1.54, 1.807) is 12.1 Å². The number of aromatic amines is 2. The molecule has 166 valence electrons. The predicted octanol–water partition coefficient (Wildman–Crippen LogP) is 3.59. The van der Waals surface area contributed by atoms with Crippen LogP contribution in [0.15, 0.2) is 57.0 Å². The van der Waals surface area contributed by atoms with Gasteiger partial charge in [0.2, 0.25) is 0 Å². The average molecular weight is 454 g/mol. The van der Waals surface area contributed by atoms with Crippen LogP contribution in [0.1, 0.15) is 53.4 Å². The summed E-state index contributed by atoms with van der Waals surface area (Å²) in [5, 5.41) is 0. The second kappa shape index (κ2) is 9.16. The minimum Gasteiger partial charge on any atom is -0.311 e. The van der Waals surface area contributed by atoms with Crippen molar-refractivity contribution in [1.82, 2.24) is 15.0 Å². The highest BCUT2D eigenvalue weighted by molar-refractivity contribution is 7.84. The number of nitrogens with one attached hydrogen (secondary N) is 2. The van der Waals surface area contributed by atoms with Crippen molar-refractivity contribution in [2.45, 2.75) is 43.4 Å². The van der Waals surface area contributed by atoms with Crippen molar-refractivity contribution in [3.63, 3.8) is 0 Å². The lowest BCUT2D eigenvalue weighted by molar-refractivity contribution is 0.587. The highest BCUT2D eigenvalue weighted by Gasteiger charge is 2.24. The Morgan fingerprint density at radius 2 is 2.00 bits per heavy atom. The summed E-state index contributed by atoms with van der Waals surface area (Å²) in [7, 11) is -1.24. The molecule has 4 rings (SSSR count). The molecule has 0 spiro atoms. The van der Waals surface area contributed by atoms with Gasteiger partial charge in [0.25, 0.3) is 5.56 Å². The van der Waals surface area contributed by atoms with Gasteiger partial charge in [0.1, 0.15) is 5.82 Å². The van der Waals surface area contributed by atoms with Gasteiger partial charge in [-0.25, -0.2) is 9.18 Å². The van der Waals surface area contributed by atoms with Gasteiger partial charge in [-0.05, 0) is 56.0 Å². The summed E-state index contributed by atoms with van der Waals surface area (Å²) >= 11 is 0. The van der Waals surface area contributed by atoms with Crippen molar-refractivity contribution in [3.8, 4) is 0 Å². The molecule has 6 nitrogen and oxygen atoms in total. The van der Waals surface area contributed by atoms with E-state index in [1.165, 1.54) is 12.3 Å². The van der Waals surface area contributed by atoms with Gasteiger partial charge in [-0.2, -0.15) is 0 Å². The number of aryl methyl sites for hydroxylation is 1. The number of nitrogens with zero attached hydrogens (tertiary/aromatic N) is 1. The second-order valence-corrected chi connectivity index (χ2v) is 9.42. The van der Waals surface area contributed by atoms with Gasteiger partial charge in [-0.1, -0.05) is 18.2 Å². The predicted molar refractivity (Wildman–Crippen MR) is 123 cm³/mol. The molecule has 1 aliphatic carbocycles. The third-order valence-electron chi connectivity index (χ3n) is 5.82. The lowest BCUT2D eigenvalue weighted by Crippen LogP contribution is -2.30. The molecule has 1 aliphatic rings. The number of hydrogen-bond donors (Lipinski definition) is 2. The molecule has 2 atom stereocenters. The first-order chi connectivity index (χ1) is 15.3. The molecule has 0 saturated heterocycles. The van der Waals surface area contributed by atoms with Crippen LogP contribution in [-0.4, -0.2) is 25.4 Å². The molecule has 0 amide bonds. The van der Waals surface area contributed by atoms with Crippen molar-refractivity contribution < 1.29 is 8.60 Å². The Kier molecular flexibility index (Phi) is 6.32. The molecular formula is C24H24FN3O3S. The number of pyridine rings is 1. The van der Waals surface area contributed by atoms with E-state index < -0.39 is 27.9 Å². The van der Waals surface area contributed by atoms with Crippen LogP contribution in [0.2, 0.25) is 0 Å². The van der Waals surface area contributed by atoms with Crippen LogP contribution >= 0.6 is 0 Å². The van der Waals surface area contributed by atoms with Gasteiger partial charge in [0.05, 0.1) is 0 Å². The molecule has 32 heavy (non-hydrogen) atoms. The molecule has 8 heteroatoms.